The van der Waals surface area contributed by atoms with E-state index in [2.05, 4.69) is 59.8 Å². The second-order valence-electron chi connectivity index (χ2n) is 6.49. The zero-order chi connectivity index (χ0) is 18.3. The van der Waals surface area contributed by atoms with Gasteiger partial charge in [0.2, 0.25) is 0 Å². The maximum absolute atomic E-state index is 6.31. The number of rotatable bonds is 3. The Morgan fingerprint density at radius 1 is 0.962 bits per heavy atom. The summed E-state index contributed by atoms with van der Waals surface area (Å²) in [5.74, 6) is 0. The minimum atomic E-state index is 0.739. The van der Waals surface area contributed by atoms with Crippen molar-refractivity contribution in [1.82, 2.24) is 9.55 Å². The minimum Gasteiger partial charge on any atom is -0.311 e. The van der Waals surface area contributed by atoms with E-state index in [0.717, 1.165) is 21.9 Å². The van der Waals surface area contributed by atoms with Gasteiger partial charge in [-0.25, -0.2) is 0 Å². The average Bonchev–Trinajstić information content (AvgIpc) is 2.87. The van der Waals surface area contributed by atoms with E-state index in [0.29, 0.717) is 0 Å². The van der Waals surface area contributed by atoms with Gasteiger partial charge in [0.15, 0.2) is 0 Å². The predicted molar refractivity (Wildman–Crippen MR) is 111 cm³/mol. The first-order chi connectivity index (χ1) is 12.5. The molecule has 26 heavy (non-hydrogen) atoms. The van der Waals surface area contributed by atoms with Gasteiger partial charge in [-0.3, -0.25) is 4.98 Å². The molecule has 0 saturated heterocycles. The van der Waals surface area contributed by atoms with Gasteiger partial charge in [0, 0.05) is 31.6 Å². The Hall–Kier alpha value is -2.23. The van der Waals surface area contributed by atoms with Gasteiger partial charge in [0.05, 0.1) is 17.4 Å². The van der Waals surface area contributed by atoms with E-state index in [9.17, 15) is 0 Å². The largest absolute Gasteiger partial charge is 0.311 e. The molecule has 0 aliphatic rings. The highest BCUT2D eigenvalue weighted by atomic mass is 35.5. The Bertz CT molecular complexity index is 1100. The first kappa shape index (κ1) is 17.2. The van der Waals surface area contributed by atoms with Crippen LogP contribution in [0.25, 0.3) is 16.6 Å². The van der Waals surface area contributed by atoms with Gasteiger partial charge < -0.3 is 4.57 Å². The fourth-order valence-electron chi connectivity index (χ4n) is 3.21. The fraction of sp³-hybridized carbons (Fsp3) is 0.136. The van der Waals surface area contributed by atoms with E-state index < -0.39 is 0 Å². The van der Waals surface area contributed by atoms with E-state index in [-0.39, 0.29) is 0 Å². The Morgan fingerprint density at radius 3 is 2.54 bits per heavy atom. The molecule has 0 aliphatic heterocycles. The third-order valence-corrected chi connectivity index (χ3v) is 5.92. The van der Waals surface area contributed by atoms with E-state index >= 15 is 0 Å². The van der Waals surface area contributed by atoms with Crippen LogP contribution in [0.15, 0.2) is 70.6 Å². The lowest BCUT2D eigenvalue weighted by Gasteiger charge is -2.09. The minimum absolute atomic E-state index is 0.739. The quantitative estimate of drug-likeness (QED) is 0.392. The molecule has 130 valence electrons. The van der Waals surface area contributed by atoms with Crippen LogP contribution in [-0.4, -0.2) is 9.55 Å². The molecule has 0 fully saturated rings. The molecule has 0 atom stereocenters. The maximum atomic E-state index is 6.31. The van der Waals surface area contributed by atoms with Crippen molar-refractivity contribution >= 4 is 34.3 Å². The van der Waals surface area contributed by atoms with Crippen molar-refractivity contribution in [2.75, 3.05) is 0 Å². The Morgan fingerprint density at radius 2 is 1.81 bits per heavy atom. The van der Waals surface area contributed by atoms with E-state index in [1.807, 2.05) is 31.3 Å². The molecule has 2 aromatic carbocycles. The van der Waals surface area contributed by atoms with Crippen LogP contribution in [-0.2, 0) is 0 Å². The number of aryl methyl sites for hydroxylation is 2. The monoisotopic (exact) mass is 378 g/mol. The molecule has 4 aromatic rings. The fourth-order valence-corrected chi connectivity index (χ4v) is 4.52. The summed E-state index contributed by atoms with van der Waals surface area (Å²) in [6, 6.07) is 18.9. The molecular formula is C22H19ClN2S. The summed E-state index contributed by atoms with van der Waals surface area (Å²) in [5.41, 5.74) is 5.63. The van der Waals surface area contributed by atoms with Crippen LogP contribution in [0.1, 0.15) is 17.0 Å². The van der Waals surface area contributed by atoms with Crippen molar-refractivity contribution in [3.05, 3.63) is 82.8 Å². The number of nitrogens with zero attached hydrogens (tertiary/aromatic N) is 2. The Labute approximate surface area is 162 Å². The molecule has 4 rings (SSSR count). The number of pyridine rings is 1. The lowest BCUT2D eigenvalue weighted by Crippen LogP contribution is -1.97. The zero-order valence-electron chi connectivity index (χ0n) is 15.0. The number of aromatic nitrogens is 2. The first-order valence-electron chi connectivity index (χ1n) is 8.51. The molecule has 4 heteroatoms. The average molecular weight is 379 g/mol. The molecule has 0 radical (unpaired) electrons. The van der Waals surface area contributed by atoms with Crippen LogP contribution in [0.2, 0.25) is 5.02 Å². The molecule has 0 unspecified atom stereocenters. The topological polar surface area (TPSA) is 17.8 Å². The molecule has 2 aromatic heterocycles. The summed E-state index contributed by atoms with van der Waals surface area (Å²) < 4.78 is 2.24. The zero-order valence-corrected chi connectivity index (χ0v) is 16.5. The molecule has 2 nitrogen and oxygen atoms in total. The van der Waals surface area contributed by atoms with Gasteiger partial charge in [-0.1, -0.05) is 47.1 Å². The smallest absolute Gasteiger partial charge is 0.0642 e. The molecule has 0 spiro atoms. The number of fused-ring (bicyclic) bond motifs is 1. The molecular weight excluding hydrogens is 360 g/mol. The molecule has 0 aliphatic carbocycles. The van der Waals surface area contributed by atoms with Crippen molar-refractivity contribution in [3.8, 4) is 5.69 Å². The van der Waals surface area contributed by atoms with Crippen LogP contribution >= 0.6 is 23.4 Å². The van der Waals surface area contributed by atoms with Crippen molar-refractivity contribution < 1.29 is 0 Å². The van der Waals surface area contributed by atoms with E-state index in [4.69, 9.17) is 11.6 Å². The second kappa shape index (κ2) is 6.82. The van der Waals surface area contributed by atoms with Crippen molar-refractivity contribution in [3.63, 3.8) is 0 Å². The molecule has 0 saturated carbocycles. The maximum Gasteiger partial charge on any atom is 0.0642 e. The summed E-state index contributed by atoms with van der Waals surface area (Å²) in [6.07, 6.45) is 1.92. The van der Waals surface area contributed by atoms with Gasteiger partial charge in [-0.2, -0.15) is 0 Å². The van der Waals surface area contributed by atoms with Crippen LogP contribution < -0.4 is 0 Å². The van der Waals surface area contributed by atoms with Gasteiger partial charge in [-0.15, -0.1) is 0 Å². The van der Waals surface area contributed by atoms with E-state index in [1.54, 1.807) is 11.8 Å². The summed E-state index contributed by atoms with van der Waals surface area (Å²) in [6.45, 7) is 6.28. The number of halogens is 1. The predicted octanol–water partition coefficient (Wildman–Crippen LogP) is 6.76. The first-order valence-corrected chi connectivity index (χ1v) is 9.70. The van der Waals surface area contributed by atoms with Gasteiger partial charge in [-0.05, 0) is 57.2 Å². The van der Waals surface area contributed by atoms with Gasteiger partial charge in [0.1, 0.15) is 0 Å². The van der Waals surface area contributed by atoms with Crippen molar-refractivity contribution in [2.24, 2.45) is 0 Å². The van der Waals surface area contributed by atoms with E-state index in [1.165, 1.54) is 26.4 Å². The highest BCUT2D eigenvalue weighted by molar-refractivity contribution is 7.99. The summed E-state index contributed by atoms with van der Waals surface area (Å²) >= 11 is 8.11. The number of benzene rings is 2. The summed E-state index contributed by atoms with van der Waals surface area (Å²) in [4.78, 5) is 6.96. The molecule has 0 amide bonds. The lowest BCUT2D eigenvalue weighted by molar-refractivity contribution is 1.00. The third-order valence-electron chi connectivity index (χ3n) is 4.47. The Kier molecular flexibility index (Phi) is 4.51. The number of hydrogen-bond donors (Lipinski definition) is 0. The van der Waals surface area contributed by atoms with Crippen molar-refractivity contribution in [1.29, 1.82) is 0 Å². The molecule has 2 heterocycles. The highest BCUT2D eigenvalue weighted by Crippen LogP contribution is 2.40. The lowest BCUT2D eigenvalue weighted by atomic mass is 10.2. The van der Waals surface area contributed by atoms with Crippen molar-refractivity contribution in [2.45, 2.75) is 30.6 Å². The summed E-state index contributed by atoms with van der Waals surface area (Å²) in [7, 11) is 0. The normalized spacial score (nSPS) is 11.2. The highest BCUT2D eigenvalue weighted by Gasteiger charge is 2.17. The third kappa shape index (κ3) is 3.13. The standard InChI is InChI=1S/C22H19ClN2S/c1-14-5-4-6-19(11-14)26-22-16(3)25(18-9-7-15(2)24-13-18)21-12-17(23)8-10-20(21)22/h4-13H,1-3H3. The molecule has 0 bridgehead atoms. The van der Waals surface area contributed by atoms with Gasteiger partial charge in [0.25, 0.3) is 0 Å². The van der Waals surface area contributed by atoms with Crippen LogP contribution in [0, 0.1) is 20.8 Å². The van der Waals surface area contributed by atoms with Crippen LogP contribution in [0.4, 0.5) is 0 Å². The molecule has 0 N–H and O–H groups in total. The summed E-state index contributed by atoms with van der Waals surface area (Å²) in [5, 5.41) is 1.95. The second-order valence-corrected chi connectivity index (χ2v) is 8.01. The number of hydrogen-bond acceptors (Lipinski definition) is 2. The van der Waals surface area contributed by atoms with Crippen LogP contribution in [0.5, 0.6) is 0 Å². The van der Waals surface area contributed by atoms with Gasteiger partial charge >= 0.3 is 0 Å². The SMILES string of the molecule is Cc1cccc(Sc2c(C)n(-c3ccc(C)nc3)c3cc(Cl)ccc23)c1. The van der Waals surface area contributed by atoms with Crippen LogP contribution in [0.3, 0.4) is 0 Å². The Balaban J connectivity index is 1.93.